The molecule has 0 saturated heterocycles. The zero-order chi connectivity index (χ0) is 20.8. The fraction of sp³-hybridized carbons (Fsp3) is 0.150. The van der Waals surface area contributed by atoms with Gasteiger partial charge in [0.25, 0.3) is 17.4 Å². The predicted molar refractivity (Wildman–Crippen MR) is 107 cm³/mol. The lowest BCUT2D eigenvalue weighted by atomic mass is 10.2. The van der Waals surface area contributed by atoms with Crippen molar-refractivity contribution in [2.24, 2.45) is 0 Å². The van der Waals surface area contributed by atoms with Crippen LogP contribution in [0.5, 0.6) is 0 Å². The Balaban J connectivity index is 1.80. The second-order valence-corrected chi connectivity index (χ2v) is 6.18. The van der Waals surface area contributed by atoms with Crippen molar-refractivity contribution in [3.8, 4) is 0 Å². The summed E-state index contributed by atoms with van der Waals surface area (Å²) in [7, 11) is 0. The van der Waals surface area contributed by atoms with Crippen LogP contribution in [0.25, 0.3) is 5.65 Å². The molecule has 0 atom stereocenters. The monoisotopic (exact) mass is 393 g/mol. The van der Waals surface area contributed by atoms with Gasteiger partial charge in [-0.15, -0.1) is 0 Å². The quantitative estimate of drug-likeness (QED) is 0.535. The lowest BCUT2D eigenvalue weighted by Crippen LogP contribution is -2.34. The average Bonchev–Trinajstić information content (AvgIpc) is 2.73. The van der Waals surface area contributed by atoms with Gasteiger partial charge in [-0.2, -0.15) is 0 Å². The first-order valence-corrected chi connectivity index (χ1v) is 8.86. The van der Waals surface area contributed by atoms with Crippen molar-refractivity contribution in [3.63, 3.8) is 0 Å². The number of hydrogen-bond donors (Lipinski definition) is 3. The third-order valence-corrected chi connectivity index (χ3v) is 4.03. The highest BCUT2D eigenvalue weighted by Crippen LogP contribution is 2.07. The molecule has 148 valence electrons. The number of carbonyl (C=O) groups is 3. The molecule has 0 spiro atoms. The summed E-state index contributed by atoms with van der Waals surface area (Å²) in [5.74, 6) is -1.02. The number of rotatable bonds is 6. The smallest absolute Gasteiger partial charge is 0.281 e. The van der Waals surface area contributed by atoms with Crippen LogP contribution in [0, 0.1) is 0 Å². The molecular weight excluding hydrogens is 374 g/mol. The highest BCUT2D eigenvalue weighted by molar-refractivity contribution is 6.04. The van der Waals surface area contributed by atoms with Gasteiger partial charge in [-0.3, -0.25) is 23.6 Å². The van der Waals surface area contributed by atoms with Gasteiger partial charge in [0.2, 0.25) is 5.91 Å². The molecule has 1 aromatic carbocycles. The number of hydrogen-bond acceptors (Lipinski definition) is 5. The minimum absolute atomic E-state index is 0.000399. The standard InChI is InChI=1S/C20H19N5O4/c1-13(26)21-9-10-22-18(27)15-7-8-17-23-11-16(20(29)25(17)12-15)24-19(28)14-5-3-2-4-6-14/h2-8,11-12H,9-10H2,1H3,(H,21,26)(H,22,27)(H,24,28). The Hall–Kier alpha value is -4.01. The first kappa shape index (κ1) is 19.7. The molecule has 3 N–H and O–H groups in total. The van der Waals surface area contributed by atoms with E-state index in [9.17, 15) is 19.2 Å². The summed E-state index contributed by atoms with van der Waals surface area (Å²) in [4.78, 5) is 52.3. The summed E-state index contributed by atoms with van der Waals surface area (Å²) in [6.07, 6.45) is 2.64. The van der Waals surface area contributed by atoms with Crippen LogP contribution in [0.4, 0.5) is 5.69 Å². The summed E-state index contributed by atoms with van der Waals surface area (Å²) >= 11 is 0. The first-order chi connectivity index (χ1) is 14.0. The Morgan fingerprint density at radius 3 is 2.38 bits per heavy atom. The van der Waals surface area contributed by atoms with E-state index in [4.69, 9.17) is 0 Å². The molecule has 3 amide bonds. The first-order valence-electron chi connectivity index (χ1n) is 8.86. The largest absolute Gasteiger partial charge is 0.355 e. The van der Waals surface area contributed by atoms with Gasteiger partial charge in [0.1, 0.15) is 11.3 Å². The molecule has 2 heterocycles. The van der Waals surface area contributed by atoms with Gasteiger partial charge in [0.15, 0.2) is 0 Å². The van der Waals surface area contributed by atoms with Crippen LogP contribution in [0.1, 0.15) is 27.6 Å². The minimum atomic E-state index is -0.507. The van der Waals surface area contributed by atoms with E-state index < -0.39 is 17.4 Å². The predicted octanol–water partition coefficient (Wildman–Crippen LogP) is 0.813. The van der Waals surface area contributed by atoms with E-state index in [0.717, 1.165) is 0 Å². The highest BCUT2D eigenvalue weighted by atomic mass is 16.2. The molecule has 3 rings (SSSR count). The topological polar surface area (TPSA) is 122 Å². The van der Waals surface area contributed by atoms with Crippen molar-refractivity contribution in [2.75, 3.05) is 18.4 Å². The van der Waals surface area contributed by atoms with Crippen LogP contribution in [0.15, 0.2) is 59.7 Å². The van der Waals surface area contributed by atoms with E-state index in [0.29, 0.717) is 17.8 Å². The van der Waals surface area contributed by atoms with E-state index in [1.165, 1.54) is 35.9 Å². The molecule has 0 unspecified atom stereocenters. The molecular formula is C20H19N5O4. The van der Waals surface area contributed by atoms with E-state index >= 15 is 0 Å². The number of carbonyl (C=O) groups excluding carboxylic acids is 3. The highest BCUT2D eigenvalue weighted by Gasteiger charge is 2.12. The maximum atomic E-state index is 12.7. The molecule has 9 heteroatoms. The van der Waals surface area contributed by atoms with E-state index in [2.05, 4.69) is 20.9 Å². The van der Waals surface area contributed by atoms with Gasteiger partial charge in [-0.05, 0) is 24.3 Å². The molecule has 2 aromatic heterocycles. The summed E-state index contributed by atoms with van der Waals surface area (Å²) in [5.41, 5.74) is 0.481. The average molecular weight is 393 g/mol. The molecule has 29 heavy (non-hydrogen) atoms. The second kappa shape index (κ2) is 8.79. The van der Waals surface area contributed by atoms with Crippen molar-refractivity contribution in [3.05, 3.63) is 76.3 Å². The van der Waals surface area contributed by atoms with Gasteiger partial charge >= 0.3 is 0 Å². The maximum absolute atomic E-state index is 12.7. The number of pyridine rings is 1. The normalized spacial score (nSPS) is 10.4. The molecule has 0 aliphatic rings. The van der Waals surface area contributed by atoms with Gasteiger partial charge < -0.3 is 16.0 Å². The number of anilines is 1. The lowest BCUT2D eigenvalue weighted by molar-refractivity contribution is -0.118. The van der Waals surface area contributed by atoms with Crippen LogP contribution in [0.2, 0.25) is 0 Å². The van der Waals surface area contributed by atoms with E-state index in [1.807, 2.05) is 0 Å². The van der Waals surface area contributed by atoms with Crippen molar-refractivity contribution >= 4 is 29.1 Å². The number of nitrogens with zero attached hydrogens (tertiary/aromatic N) is 2. The molecule has 0 fully saturated rings. The third kappa shape index (κ3) is 4.83. The Kier molecular flexibility index (Phi) is 5.98. The van der Waals surface area contributed by atoms with Gasteiger partial charge in [-0.1, -0.05) is 18.2 Å². The van der Waals surface area contributed by atoms with Crippen LogP contribution in [-0.2, 0) is 4.79 Å². The van der Waals surface area contributed by atoms with Crippen LogP contribution < -0.4 is 21.5 Å². The number of nitrogens with one attached hydrogen (secondary N) is 3. The summed E-state index contributed by atoms with van der Waals surface area (Å²) in [6, 6.07) is 11.6. The Labute approximate surface area is 165 Å². The SMILES string of the molecule is CC(=O)NCCNC(=O)c1ccc2ncc(NC(=O)c3ccccc3)c(=O)n2c1. The number of benzene rings is 1. The second-order valence-electron chi connectivity index (χ2n) is 6.18. The number of fused-ring (bicyclic) bond motifs is 1. The van der Waals surface area contributed by atoms with E-state index in [1.54, 1.807) is 30.3 Å². The molecule has 0 aliphatic carbocycles. The number of aromatic nitrogens is 2. The Morgan fingerprint density at radius 2 is 1.66 bits per heavy atom. The molecule has 3 aromatic rings. The summed E-state index contributed by atoms with van der Waals surface area (Å²) < 4.78 is 1.20. The fourth-order valence-corrected chi connectivity index (χ4v) is 2.60. The third-order valence-electron chi connectivity index (χ3n) is 4.03. The maximum Gasteiger partial charge on any atom is 0.281 e. The van der Waals surface area contributed by atoms with Gasteiger partial charge in [0.05, 0.1) is 11.8 Å². The summed E-state index contributed by atoms with van der Waals surface area (Å²) in [5, 5.41) is 7.76. The molecule has 9 nitrogen and oxygen atoms in total. The Morgan fingerprint density at radius 1 is 0.931 bits per heavy atom. The van der Waals surface area contributed by atoms with Gasteiger partial charge in [-0.25, -0.2) is 4.98 Å². The summed E-state index contributed by atoms with van der Waals surface area (Å²) in [6.45, 7) is 1.93. The fourth-order valence-electron chi connectivity index (χ4n) is 2.60. The zero-order valence-electron chi connectivity index (χ0n) is 15.6. The minimum Gasteiger partial charge on any atom is -0.355 e. The van der Waals surface area contributed by atoms with Gasteiger partial charge in [0, 0.05) is 31.8 Å². The zero-order valence-corrected chi connectivity index (χ0v) is 15.6. The van der Waals surface area contributed by atoms with Crippen molar-refractivity contribution in [1.29, 1.82) is 0 Å². The van der Waals surface area contributed by atoms with Crippen molar-refractivity contribution < 1.29 is 14.4 Å². The number of amides is 3. The Bertz CT molecular complexity index is 1120. The lowest BCUT2D eigenvalue weighted by Gasteiger charge is -2.09. The molecule has 0 saturated carbocycles. The van der Waals surface area contributed by atoms with Crippen LogP contribution in [-0.4, -0.2) is 40.2 Å². The van der Waals surface area contributed by atoms with Crippen LogP contribution >= 0.6 is 0 Å². The molecule has 0 aliphatic heterocycles. The molecule has 0 bridgehead atoms. The van der Waals surface area contributed by atoms with Crippen molar-refractivity contribution in [1.82, 2.24) is 20.0 Å². The van der Waals surface area contributed by atoms with Crippen molar-refractivity contribution in [2.45, 2.75) is 6.92 Å². The van der Waals surface area contributed by atoms with Crippen LogP contribution in [0.3, 0.4) is 0 Å². The van der Waals surface area contributed by atoms with E-state index in [-0.39, 0.29) is 23.7 Å². The molecule has 0 radical (unpaired) electrons.